The van der Waals surface area contributed by atoms with Crippen LogP contribution >= 0.6 is 0 Å². The van der Waals surface area contributed by atoms with Crippen molar-refractivity contribution in [3.63, 3.8) is 0 Å². The van der Waals surface area contributed by atoms with Crippen LogP contribution in [-0.4, -0.2) is 32.7 Å². The highest BCUT2D eigenvalue weighted by Gasteiger charge is 2.13. The Morgan fingerprint density at radius 2 is 2.07 bits per heavy atom. The summed E-state index contributed by atoms with van der Waals surface area (Å²) in [6.07, 6.45) is 2.90. The SMILES string of the molecule is COCC(=O)Oc1ccc(/C=C(\C#N)C(=O)NCc2ccco2)cc1OC. The molecule has 140 valence electrons. The van der Waals surface area contributed by atoms with E-state index in [0.717, 1.165) is 0 Å². The van der Waals surface area contributed by atoms with Crippen LogP contribution in [0.15, 0.2) is 46.6 Å². The zero-order chi connectivity index (χ0) is 19.6. The number of methoxy groups -OCH3 is 2. The van der Waals surface area contributed by atoms with E-state index < -0.39 is 11.9 Å². The Kier molecular flexibility index (Phi) is 7.16. The maximum atomic E-state index is 12.2. The Balaban J connectivity index is 2.13. The standard InChI is InChI=1S/C19H18N2O6/c1-24-12-18(22)27-16-6-5-13(9-17(16)25-2)8-14(10-20)19(23)21-11-15-4-3-7-26-15/h3-9H,11-12H2,1-2H3,(H,21,23)/b14-8+. The van der Waals surface area contributed by atoms with E-state index in [1.165, 1.54) is 32.6 Å². The predicted molar refractivity (Wildman–Crippen MR) is 94.6 cm³/mol. The van der Waals surface area contributed by atoms with E-state index in [0.29, 0.717) is 11.3 Å². The molecule has 1 amide bonds. The van der Waals surface area contributed by atoms with E-state index in [1.54, 1.807) is 24.3 Å². The molecule has 0 unspecified atom stereocenters. The van der Waals surface area contributed by atoms with Crippen LogP contribution in [0, 0.1) is 11.3 Å². The molecule has 8 heteroatoms. The molecule has 0 saturated carbocycles. The van der Waals surface area contributed by atoms with E-state index in [9.17, 15) is 14.9 Å². The first-order valence-electron chi connectivity index (χ1n) is 7.87. The average Bonchev–Trinajstić information content (AvgIpc) is 3.19. The van der Waals surface area contributed by atoms with E-state index in [2.05, 4.69) is 5.32 Å². The monoisotopic (exact) mass is 370 g/mol. The summed E-state index contributed by atoms with van der Waals surface area (Å²) in [6, 6.07) is 9.92. The van der Waals surface area contributed by atoms with Gasteiger partial charge >= 0.3 is 5.97 Å². The van der Waals surface area contributed by atoms with E-state index in [1.807, 2.05) is 6.07 Å². The van der Waals surface area contributed by atoms with Crippen molar-refractivity contribution >= 4 is 18.0 Å². The van der Waals surface area contributed by atoms with Gasteiger partial charge in [0.2, 0.25) is 0 Å². The van der Waals surface area contributed by atoms with E-state index in [4.69, 9.17) is 18.6 Å². The molecular formula is C19H18N2O6. The van der Waals surface area contributed by atoms with Gasteiger partial charge in [-0.15, -0.1) is 0 Å². The third-order valence-electron chi connectivity index (χ3n) is 3.35. The Morgan fingerprint density at radius 3 is 2.70 bits per heavy atom. The normalized spacial score (nSPS) is 10.8. The summed E-state index contributed by atoms with van der Waals surface area (Å²) < 4.78 is 20.1. The number of carbonyl (C=O) groups excluding carboxylic acids is 2. The molecule has 0 bridgehead atoms. The predicted octanol–water partition coefficient (Wildman–Crippen LogP) is 2.06. The lowest BCUT2D eigenvalue weighted by Crippen LogP contribution is -2.23. The molecule has 2 rings (SSSR count). The zero-order valence-electron chi connectivity index (χ0n) is 14.9. The van der Waals surface area contributed by atoms with Gasteiger partial charge in [-0.1, -0.05) is 6.07 Å². The number of nitrogens with one attached hydrogen (secondary N) is 1. The molecule has 0 radical (unpaired) electrons. The fourth-order valence-electron chi connectivity index (χ4n) is 2.12. The number of esters is 1. The Labute approximate surface area is 155 Å². The summed E-state index contributed by atoms with van der Waals surface area (Å²) in [5.41, 5.74) is 0.441. The minimum absolute atomic E-state index is 0.0901. The smallest absolute Gasteiger partial charge is 0.337 e. The molecule has 0 saturated heterocycles. The summed E-state index contributed by atoms with van der Waals surface area (Å²) >= 11 is 0. The summed E-state index contributed by atoms with van der Waals surface area (Å²) in [5, 5.41) is 11.9. The lowest BCUT2D eigenvalue weighted by molar-refractivity contribution is -0.138. The Hall–Kier alpha value is -3.57. The zero-order valence-corrected chi connectivity index (χ0v) is 14.9. The van der Waals surface area contributed by atoms with Gasteiger partial charge in [-0.25, -0.2) is 4.79 Å². The van der Waals surface area contributed by atoms with Crippen LogP contribution in [-0.2, 0) is 20.9 Å². The average molecular weight is 370 g/mol. The largest absolute Gasteiger partial charge is 0.493 e. The van der Waals surface area contributed by atoms with Crippen LogP contribution in [0.25, 0.3) is 6.08 Å². The van der Waals surface area contributed by atoms with Crippen LogP contribution in [0.2, 0.25) is 0 Å². The molecule has 27 heavy (non-hydrogen) atoms. The molecular weight excluding hydrogens is 352 g/mol. The van der Waals surface area contributed by atoms with Crippen LogP contribution in [0.5, 0.6) is 11.5 Å². The van der Waals surface area contributed by atoms with E-state index >= 15 is 0 Å². The molecule has 1 heterocycles. The van der Waals surface area contributed by atoms with Crippen molar-refractivity contribution in [3.8, 4) is 17.6 Å². The Bertz CT molecular complexity index is 865. The number of furan rings is 1. The molecule has 1 aromatic heterocycles. The number of rotatable bonds is 8. The number of hydrogen-bond donors (Lipinski definition) is 1. The number of hydrogen-bond acceptors (Lipinski definition) is 7. The molecule has 0 aliphatic carbocycles. The minimum atomic E-state index is -0.575. The van der Waals surface area contributed by atoms with Gasteiger partial charge in [-0.3, -0.25) is 4.79 Å². The quantitative estimate of drug-likeness (QED) is 0.328. The van der Waals surface area contributed by atoms with Crippen LogP contribution in [0.1, 0.15) is 11.3 Å². The number of carbonyl (C=O) groups is 2. The molecule has 0 aliphatic rings. The van der Waals surface area contributed by atoms with Crippen molar-refractivity contribution in [3.05, 3.63) is 53.5 Å². The third-order valence-corrected chi connectivity index (χ3v) is 3.35. The highest BCUT2D eigenvalue weighted by atomic mass is 16.6. The van der Waals surface area contributed by atoms with Crippen molar-refractivity contribution in [2.75, 3.05) is 20.8 Å². The second-order valence-electron chi connectivity index (χ2n) is 5.25. The first-order valence-corrected chi connectivity index (χ1v) is 7.87. The lowest BCUT2D eigenvalue weighted by Gasteiger charge is -2.10. The molecule has 0 aliphatic heterocycles. The van der Waals surface area contributed by atoms with Crippen molar-refractivity contribution in [2.45, 2.75) is 6.54 Å². The number of nitrogens with zero attached hydrogens (tertiary/aromatic N) is 1. The van der Waals surface area contributed by atoms with Crippen LogP contribution in [0.3, 0.4) is 0 Å². The number of amides is 1. The minimum Gasteiger partial charge on any atom is -0.493 e. The second kappa shape index (κ2) is 9.79. The fraction of sp³-hybridized carbons (Fsp3) is 0.211. The van der Waals surface area contributed by atoms with Gasteiger partial charge < -0.3 is 23.9 Å². The molecule has 2 aromatic rings. The Morgan fingerprint density at radius 1 is 1.26 bits per heavy atom. The highest BCUT2D eigenvalue weighted by Crippen LogP contribution is 2.29. The van der Waals surface area contributed by atoms with Gasteiger partial charge in [0.05, 0.1) is 19.9 Å². The lowest BCUT2D eigenvalue weighted by atomic mass is 10.1. The fourth-order valence-corrected chi connectivity index (χ4v) is 2.12. The maximum absolute atomic E-state index is 12.2. The van der Waals surface area contributed by atoms with Crippen molar-refractivity contribution < 1.29 is 28.2 Å². The van der Waals surface area contributed by atoms with Crippen molar-refractivity contribution in [2.24, 2.45) is 0 Å². The van der Waals surface area contributed by atoms with E-state index in [-0.39, 0.29) is 30.2 Å². The van der Waals surface area contributed by atoms with Gasteiger partial charge in [0.15, 0.2) is 11.5 Å². The summed E-state index contributed by atoms with van der Waals surface area (Å²) in [6.45, 7) is -0.0260. The topological polar surface area (TPSA) is 111 Å². The summed E-state index contributed by atoms with van der Waals surface area (Å²) in [4.78, 5) is 23.7. The number of ether oxygens (including phenoxy) is 3. The third kappa shape index (κ3) is 5.73. The number of benzene rings is 1. The first kappa shape index (κ1) is 19.8. The van der Waals surface area contributed by atoms with Crippen molar-refractivity contribution in [1.82, 2.24) is 5.32 Å². The molecule has 0 fully saturated rings. The van der Waals surface area contributed by atoms with Gasteiger partial charge in [-0.05, 0) is 35.9 Å². The molecule has 0 spiro atoms. The van der Waals surface area contributed by atoms with Crippen molar-refractivity contribution in [1.29, 1.82) is 5.26 Å². The highest BCUT2D eigenvalue weighted by molar-refractivity contribution is 6.01. The molecule has 1 N–H and O–H groups in total. The molecule has 0 atom stereocenters. The molecule has 8 nitrogen and oxygen atoms in total. The van der Waals surface area contributed by atoms with Crippen LogP contribution in [0.4, 0.5) is 0 Å². The van der Waals surface area contributed by atoms with Gasteiger partial charge in [0.1, 0.15) is 24.0 Å². The van der Waals surface area contributed by atoms with Gasteiger partial charge in [-0.2, -0.15) is 5.26 Å². The van der Waals surface area contributed by atoms with Crippen LogP contribution < -0.4 is 14.8 Å². The maximum Gasteiger partial charge on any atom is 0.337 e. The van der Waals surface area contributed by atoms with Gasteiger partial charge in [0, 0.05) is 7.11 Å². The summed E-state index contributed by atoms with van der Waals surface area (Å²) in [7, 11) is 2.80. The second-order valence-corrected chi connectivity index (χ2v) is 5.25. The summed E-state index contributed by atoms with van der Waals surface area (Å²) in [5.74, 6) is -0.0546. The first-order chi connectivity index (χ1) is 13.1. The number of nitriles is 1. The molecule has 1 aromatic carbocycles. The van der Waals surface area contributed by atoms with Gasteiger partial charge in [0.25, 0.3) is 5.91 Å².